The van der Waals surface area contributed by atoms with Crippen LogP contribution in [0.2, 0.25) is 0 Å². The number of nitrogens with zero attached hydrogens (tertiary/aromatic N) is 1. The molecule has 0 aliphatic rings. The van der Waals surface area contributed by atoms with E-state index >= 15 is 0 Å². The molecule has 0 aliphatic heterocycles. The molecule has 0 heterocycles. The largest absolute Gasteiger partial charge is 0.324 e. The molecule has 0 bridgehead atoms. The Bertz CT molecular complexity index is 662. The van der Waals surface area contributed by atoms with Crippen LogP contribution in [-0.2, 0) is 4.79 Å². The van der Waals surface area contributed by atoms with Crippen molar-refractivity contribution in [2.45, 2.75) is 25.7 Å². The standard InChI is InChI=1S/C20H26N2OS/c1-15-8-10-18(11-9-15)24-13-12-22(4)14-19(23)21-20-16(2)6-5-7-17(20)3/h5-11H,12-14H2,1-4H3,(H,21,23). The monoisotopic (exact) mass is 342 g/mol. The Morgan fingerprint density at radius 2 is 1.67 bits per heavy atom. The number of likely N-dealkylation sites (N-methyl/N-ethyl adjacent to an activating group) is 1. The lowest BCUT2D eigenvalue weighted by Gasteiger charge is -2.17. The number of carbonyl (C=O) groups is 1. The maximum Gasteiger partial charge on any atom is 0.238 e. The second kappa shape index (κ2) is 8.90. The molecule has 24 heavy (non-hydrogen) atoms. The average Bonchev–Trinajstić information content (AvgIpc) is 2.53. The first-order valence-corrected chi connectivity index (χ1v) is 9.18. The van der Waals surface area contributed by atoms with Gasteiger partial charge in [-0.3, -0.25) is 9.69 Å². The van der Waals surface area contributed by atoms with Crippen molar-refractivity contribution in [3.05, 3.63) is 59.2 Å². The van der Waals surface area contributed by atoms with Crippen LogP contribution in [0, 0.1) is 20.8 Å². The van der Waals surface area contributed by atoms with E-state index in [1.54, 1.807) is 0 Å². The highest BCUT2D eigenvalue weighted by atomic mass is 32.2. The molecular weight excluding hydrogens is 316 g/mol. The van der Waals surface area contributed by atoms with E-state index in [2.05, 4.69) is 41.4 Å². The second-order valence-corrected chi connectivity index (χ2v) is 7.38. The molecule has 0 radical (unpaired) electrons. The minimum Gasteiger partial charge on any atom is -0.324 e. The first-order valence-electron chi connectivity index (χ1n) is 8.20. The van der Waals surface area contributed by atoms with Crippen molar-refractivity contribution in [2.75, 3.05) is 31.2 Å². The summed E-state index contributed by atoms with van der Waals surface area (Å²) in [4.78, 5) is 15.6. The second-order valence-electron chi connectivity index (χ2n) is 6.21. The molecule has 0 saturated heterocycles. The molecule has 0 aromatic heterocycles. The van der Waals surface area contributed by atoms with Gasteiger partial charge in [-0.15, -0.1) is 11.8 Å². The molecule has 1 N–H and O–H groups in total. The van der Waals surface area contributed by atoms with Crippen LogP contribution in [0.25, 0.3) is 0 Å². The van der Waals surface area contributed by atoms with Crippen molar-refractivity contribution in [1.82, 2.24) is 4.90 Å². The van der Waals surface area contributed by atoms with Gasteiger partial charge < -0.3 is 5.32 Å². The van der Waals surface area contributed by atoms with Gasteiger partial charge in [0.2, 0.25) is 5.91 Å². The van der Waals surface area contributed by atoms with E-state index < -0.39 is 0 Å². The summed E-state index contributed by atoms with van der Waals surface area (Å²) in [6.45, 7) is 7.41. The first-order chi connectivity index (χ1) is 11.5. The van der Waals surface area contributed by atoms with Gasteiger partial charge in [0.15, 0.2) is 0 Å². The first kappa shape index (κ1) is 18.6. The van der Waals surface area contributed by atoms with Gasteiger partial charge in [0, 0.05) is 22.9 Å². The molecule has 4 heteroatoms. The number of rotatable bonds is 7. The highest BCUT2D eigenvalue weighted by Gasteiger charge is 2.10. The van der Waals surface area contributed by atoms with Gasteiger partial charge in [0.05, 0.1) is 6.54 Å². The normalized spacial score (nSPS) is 10.9. The molecule has 128 valence electrons. The molecule has 0 spiro atoms. The highest BCUT2D eigenvalue weighted by molar-refractivity contribution is 7.99. The Labute approximate surface area is 149 Å². The minimum absolute atomic E-state index is 0.0373. The summed E-state index contributed by atoms with van der Waals surface area (Å²) in [5.74, 6) is 1.01. The summed E-state index contributed by atoms with van der Waals surface area (Å²) in [6.07, 6.45) is 0. The number of hydrogen-bond acceptors (Lipinski definition) is 3. The van der Waals surface area contributed by atoms with Gasteiger partial charge in [-0.2, -0.15) is 0 Å². The topological polar surface area (TPSA) is 32.3 Å². The number of hydrogen-bond donors (Lipinski definition) is 1. The Balaban J connectivity index is 1.76. The maximum atomic E-state index is 12.2. The molecule has 1 amide bonds. The van der Waals surface area contributed by atoms with Crippen LogP contribution in [-0.4, -0.2) is 36.7 Å². The third kappa shape index (κ3) is 5.69. The van der Waals surface area contributed by atoms with Crippen LogP contribution in [0.1, 0.15) is 16.7 Å². The number of amides is 1. The lowest BCUT2D eigenvalue weighted by atomic mass is 10.1. The SMILES string of the molecule is Cc1ccc(SCCN(C)CC(=O)Nc2c(C)cccc2C)cc1. The fourth-order valence-electron chi connectivity index (χ4n) is 2.47. The fourth-order valence-corrected chi connectivity index (χ4v) is 3.44. The van der Waals surface area contributed by atoms with Crippen molar-refractivity contribution in [3.8, 4) is 0 Å². The molecule has 2 aromatic rings. The smallest absolute Gasteiger partial charge is 0.238 e. The summed E-state index contributed by atoms with van der Waals surface area (Å²) < 4.78 is 0. The summed E-state index contributed by atoms with van der Waals surface area (Å²) >= 11 is 1.82. The number of benzene rings is 2. The number of para-hydroxylation sites is 1. The summed E-state index contributed by atoms with van der Waals surface area (Å²) in [7, 11) is 1.99. The molecule has 0 atom stereocenters. The van der Waals surface area contributed by atoms with Gasteiger partial charge in [-0.05, 0) is 51.1 Å². The van der Waals surface area contributed by atoms with Crippen molar-refractivity contribution >= 4 is 23.4 Å². The molecule has 0 unspecified atom stereocenters. The quantitative estimate of drug-likeness (QED) is 0.763. The Kier molecular flexibility index (Phi) is 6.88. The zero-order chi connectivity index (χ0) is 17.5. The van der Waals surface area contributed by atoms with Gasteiger partial charge in [0.1, 0.15) is 0 Å². The van der Waals surface area contributed by atoms with Crippen molar-refractivity contribution in [3.63, 3.8) is 0 Å². The van der Waals surface area contributed by atoms with Crippen molar-refractivity contribution < 1.29 is 4.79 Å². The van der Waals surface area contributed by atoms with E-state index in [0.29, 0.717) is 6.54 Å². The summed E-state index contributed by atoms with van der Waals surface area (Å²) in [6, 6.07) is 14.6. The van der Waals surface area contributed by atoms with Crippen LogP contribution in [0.4, 0.5) is 5.69 Å². The highest BCUT2D eigenvalue weighted by Crippen LogP contribution is 2.20. The van der Waals surface area contributed by atoms with E-state index in [0.717, 1.165) is 29.1 Å². The third-order valence-electron chi connectivity index (χ3n) is 3.92. The van der Waals surface area contributed by atoms with Crippen LogP contribution >= 0.6 is 11.8 Å². The molecule has 2 rings (SSSR count). The minimum atomic E-state index is 0.0373. The lowest BCUT2D eigenvalue weighted by molar-refractivity contribution is -0.117. The molecule has 2 aromatic carbocycles. The fraction of sp³-hybridized carbons (Fsp3) is 0.350. The van der Waals surface area contributed by atoms with Gasteiger partial charge in [-0.25, -0.2) is 0 Å². The van der Waals surface area contributed by atoms with Crippen LogP contribution < -0.4 is 5.32 Å². The van der Waals surface area contributed by atoms with Gasteiger partial charge in [0.25, 0.3) is 0 Å². The Hall–Kier alpha value is -1.78. The zero-order valence-electron chi connectivity index (χ0n) is 14.9. The number of thioether (sulfide) groups is 1. The van der Waals surface area contributed by atoms with Gasteiger partial charge >= 0.3 is 0 Å². The Morgan fingerprint density at radius 1 is 1.04 bits per heavy atom. The van der Waals surface area contributed by atoms with E-state index in [-0.39, 0.29) is 5.91 Å². The number of nitrogens with one attached hydrogen (secondary N) is 1. The number of carbonyl (C=O) groups excluding carboxylic acids is 1. The van der Waals surface area contributed by atoms with E-state index in [4.69, 9.17) is 0 Å². The molecule has 3 nitrogen and oxygen atoms in total. The van der Waals surface area contributed by atoms with Crippen LogP contribution in [0.15, 0.2) is 47.4 Å². The van der Waals surface area contributed by atoms with E-state index in [9.17, 15) is 4.79 Å². The van der Waals surface area contributed by atoms with Gasteiger partial charge in [-0.1, -0.05) is 35.9 Å². The number of aryl methyl sites for hydroxylation is 3. The third-order valence-corrected chi connectivity index (χ3v) is 4.91. The lowest BCUT2D eigenvalue weighted by Crippen LogP contribution is -2.32. The van der Waals surface area contributed by atoms with E-state index in [1.807, 2.05) is 50.9 Å². The van der Waals surface area contributed by atoms with Crippen molar-refractivity contribution in [1.29, 1.82) is 0 Å². The zero-order valence-corrected chi connectivity index (χ0v) is 15.7. The molecular formula is C20H26N2OS. The summed E-state index contributed by atoms with van der Waals surface area (Å²) in [5.41, 5.74) is 4.41. The average molecular weight is 343 g/mol. The summed E-state index contributed by atoms with van der Waals surface area (Å²) in [5, 5.41) is 3.04. The Morgan fingerprint density at radius 3 is 2.29 bits per heavy atom. The molecule has 0 saturated carbocycles. The van der Waals surface area contributed by atoms with Crippen molar-refractivity contribution in [2.24, 2.45) is 0 Å². The van der Waals surface area contributed by atoms with Crippen LogP contribution in [0.3, 0.4) is 0 Å². The number of anilines is 1. The predicted molar refractivity (Wildman–Crippen MR) is 104 cm³/mol. The molecule has 0 fully saturated rings. The van der Waals surface area contributed by atoms with Crippen LogP contribution in [0.5, 0.6) is 0 Å². The maximum absolute atomic E-state index is 12.2. The predicted octanol–water partition coefficient (Wildman–Crippen LogP) is 4.27. The van der Waals surface area contributed by atoms with E-state index in [1.165, 1.54) is 10.5 Å². The molecule has 0 aliphatic carbocycles.